The molecule has 2 nitrogen and oxygen atoms in total. The summed E-state index contributed by atoms with van der Waals surface area (Å²) in [5.41, 5.74) is 3.26. The highest BCUT2D eigenvalue weighted by Gasteiger charge is 2.09. The van der Waals surface area contributed by atoms with Gasteiger partial charge in [0.15, 0.2) is 5.78 Å². The second kappa shape index (κ2) is 6.99. The Hall–Kier alpha value is -1.20. The molecular weight excluding hydrogens is 361 g/mol. The molecule has 0 amide bonds. The molecule has 2 aromatic carbocycles. The lowest BCUT2D eigenvalue weighted by molar-refractivity contribution is 0.0943. The molecule has 0 fully saturated rings. The van der Waals surface area contributed by atoms with Gasteiger partial charge in [-0.15, -0.1) is 0 Å². The van der Waals surface area contributed by atoms with E-state index in [1.54, 1.807) is 0 Å². The summed E-state index contributed by atoms with van der Waals surface area (Å²) in [6, 6.07) is 16.1. The van der Waals surface area contributed by atoms with Gasteiger partial charge in [-0.2, -0.15) is 0 Å². The van der Waals surface area contributed by atoms with Crippen molar-refractivity contribution in [1.82, 2.24) is 4.90 Å². The normalized spacial score (nSPS) is 10.8. The van der Waals surface area contributed by atoms with E-state index in [-0.39, 0.29) is 5.78 Å². The summed E-state index contributed by atoms with van der Waals surface area (Å²) in [5.74, 6) is 0.163. The number of Topliss-reactive ketones (excluding diaryl/α,β-unsaturated/α-hetero) is 1. The zero-order chi connectivity index (χ0) is 14.5. The third-order valence-corrected chi connectivity index (χ3v) is 3.87. The van der Waals surface area contributed by atoms with Crippen LogP contribution in [0.1, 0.15) is 21.5 Å². The zero-order valence-corrected chi connectivity index (χ0v) is 13.9. The highest BCUT2D eigenvalue weighted by atomic mass is 127. The van der Waals surface area contributed by atoms with Crippen molar-refractivity contribution in [1.29, 1.82) is 0 Å². The van der Waals surface area contributed by atoms with Crippen molar-refractivity contribution in [2.45, 2.75) is 13.5 Å². The zero-order valence-electron chi connectivity index (χ0n) is 11.8. The van der Waals surface area contributed by atoms with E-state index >= 15 is 0 Å². The minimum Gasteiger partial charge on any atom is -0.295 e. The smallest absolute Gasteiger partial charge is 0.176 e. The van der Waals surface area contributed by atoms with Crippen LogP contribution in [0.2, 0.25) is 0 Å². The summed E-state index contributed by atoms with van der Waals surface area (Å²) in [6.07, 6.45) is 0. The van der Waals surface area contributed by atoms with Gasteiger partial charge in [-0.25, -0.2) is 0 Å². The van der Waals surface area contributed by atoms with Crippen molar-refractivity contribution in [3.63, 3.8) is 0 Å². The van der Waals surface area contributed by atoms with Crippen LogP contribution in [0.3, 0.4) is 0 Å². The number of benzene rings is 2. The van der Waals surface area contributed by atoms with Crippen LogP contribution < -0.4 is 0 Å². The third-order valence-electron chi connectivity index (χ3n) is 3.15. The molecule has 0 aliphatic heterocycles. The molecule has 0 aliphatic carbocycles. The number of halogens is 1. The van der Waals surface area contributed by atoms with Gasteiger partial charge in [0, 0.05) is 15.7 Å². The van der Waals surface area contributed by atoms with Crippen molar-refractivity contribution in [2.75, 3.05) is 13.6 Å². The fraction of sp³-hybridized carbons (Fsp3) is 0.235. The summed E-state index contributed by atoms with van der Waals surface area (Å²) < 4.78 is 1.15. The van der Waals surface area contributed by atoms with E-state index in [4.69, 9.17) is 0 Å². The summed E-state index contributed by atoms with van der Waals surface area (Å²) in [6.45, 7) is 3.30. The van der Waals surface area contributed by atoms with Crippen molar-refractivity contribution in [2.24, 2.45) is 0 Å². The molecule has 0 unspecified atom stereocenters. The van der Waals surface area contributed by atoms with Gasteiger partial charge in [0.05, 0.1) is 6.54 Å². The van der Waals surface area contributed by atoms with Crippen LogP contribution in [0, 0.1) is 10.5 Å². The van der Waals surface area contributed by atoms with E-state index in [9.17, 15) is 4.79 Å². The van der Waals surface area contributed by atoms with E-state index < -0.39 is 0 Å². The van der Waals surface area contributed by atoms with Crippen molar-refractivity contribution in [3.8, 4) is 0 Å². The van der Waals surface area contributed by atoms with Crippen LogP contribution in [-0.4, -0.2) is 24.3 Å². The standard InChI is InChI=1S/C17H18INO/c1-13-3-5-14(6-4-13)11-19(2)12-17(20)15-7-9-16(18)10-8-15/h3-10H,11-12H2,1-2H3. The molecule has 20 heavy (non-hydrogen) atoms. The molecule has 0 saturated carbocycles. The van der Waals surface area contributed by atoms with E-state index in [1.165, 1.54) is 11.1 Å². The Morgan fingerprint density at radius 1 is 1.05 bits per heavy atom. The maximum absolute atomic E-state index is 12.2. The Morgan fingerprint density at radius 2 is 1.65 bits per heavy atom. The molecule has 0 heterocycles. The van der Waals surface area contributed by atoms with Crippen molar-refractivity contribution < 1.29 is 4.79 Å². The van der Waals surface area contributed by atoms with E-state index in [1.807, 2.05) is 36.2 Å². The van der Waals surface area contributed by atoms with Gasteiger partial charge in [0.1, 0.15) is 0 Å². The predicted molar refractivity (Wildman–Crippen MR) is 91.0 cm³/mol. The number of hydrogen-bond acceptors (Lipinski definition) is 2. The fourth-order valence-corrected chi connectivity index (χ4v) is 2.39. The molecule has 2 aromatic rings. The number of aryl methyl sites for hydroxylation is 1. The molecule has 0 atom stereocenters. The Morgan fingerprint density at radius 3 is 2.25 bits per heavy atom. The average molecular weight is 379 g/mol. The van der Waals surface area contributed by atoms with Crippen LogP contribution in [-0.2, 0) is 6.54 Å². The van der Waals surface area contributed by atoms with Crippen LogP contribution >= 0.6 is 22.6 Å². The minimum atomic E-state index is 0.163. The number of ketones is 1. The quantitative estimate of drug-likeness (QED) is 0.580. The largest absolute Gasteiger partial charge is 0.295 e. The highest BCUT2D eigenvalue weighted by Crippen LogP contribution is 2.09. The second-order valence-corrected chi connectivity index (χ2v) is 6.33. The molecule has 0 N–H and O–H groups in total. The Labute approximate surface area is 133 Å². The van der Waals surface area contributed by atoms with Crippen molar-refractivity contribution >= 4 is 28.4 Å². The molecular formula is C17H18INO. The number of nitrogens with zero attached hydrogens (tertiary/aromatic N) is 1. The molecule has 0 radical (unpaired) electrons. The summed E-state index contributed by atoms with van der Waals surface area (Å²) in [4.78, 5) is 14.2. The maximum atomic E-state index is 12.2. The summed E-state index contributed by atoms with van der Waals surface area (Å²) >= 11 is 2.24. The van der Waals surface area contributed by atoms with Gasteiger partial charge in [0.2, 0.25) is 0 Å². The number of hydrogen-bond donors (Lipinski definition) is 0. The molecule has 0 saturated heterocycles. The maximum Gasteiger partial charge on any atom is 0.176 e. The van der Waals surface area contributed by atoms with E-state index in [0.717, 1.165) is 15.7 Å². The van der Waals surface area contributed by atoms with Gasteiger partial charge in [0.25, 0.3) is 0 Å². The molecule has 2 rings (SSSR count). The Bertz CT molecular complexity index is 575. The number of likely N-dealkylation sites (N-methyl/N-ethyl adjacent to an activating group) is 1. The molecule has 0 aliphatic rings. The first kappa shape index (κ1) is 15.2. The van der Waals surface area contributed by atoms with E-state index in [0.29, 0.717) is 6.54 Å². The monoisotopic (exact) mass is 379 g/mol. The number of rotatable bonds is 5. The first-order valence-electron chi connectivity index (χ1n) is 6.57. The van der Waals surface area contributed by atoms with Crippen molar-refractivity contribution in [3.05, 3.63) is 68.8 Å². The third kappa shape index (κ3) is 4.42. The predicted octanol–water partition coefficient (Wildman–Crippen LogP) is 3.91. The van der Waals surface area contributed by atoms with Crippen LogP contribution in [0.25, 0.3) is 0 Å². The highest BCUT2D eigenvalue weighted by molar-refractivity contribution is 14.1. The first-order valence-corrected chi connectivity index (χ1v) is 7.65. The summed E-state index contributed by atoms with van der Waals surface area (Å²) in [7, 11) is 1.98. The average Bonchev–Trinajstić information content (AvgIpc) is 2.42. The van der Waals surface area contributed by atoms with Gasteiger partial charge >= 0.3 is 0 Å². The van der Waals surface area contributed by atoms with Gasteiger partial charge < -0.3 is 0 Å². The second-order valence-electron chi connectivity index (χ2n) is 5.09. The van der Waals surface area contributed by atoms with Gasteiger partial charge in [-0.05, 0) is 54.3 Å². The summed E-state index contributed by atoms with van der Waals surface area (Å²) in [5, 5.41) is 0. The molecule has 0 aromatic heterocycles. The molecule has 3 heteroatoms. The number of carbonyl (C=O) groups excluding carboxylic acids is 1. The Kier molecular flexibility index (Phi) is 5.31. The lowest BCUT2D eigenvalue weighted by Crippen LogP contribution is -2.25. The topological polar surface area (TPSA) is 20.3 Å². The SMILES string of the molecule is Cc1ccc(CN(C)CC(=O)c2ccc(I)cc2)cc1. The lowest BCUT2D eigenvalue weighted by atomic mass is 10.1. The van der Waals surface area contributed by atoms with Gasteiger partial charge in [-0.3, -0.25) is 9.69 Å². The van der Waals surface area contributed by atoms with E-state index in [2.05, 4.69) is 53.8 Å². The first-order chi connectivity index (χ1) is 9.54. The van der Waals surface area contributed by atoms with Crippen LogP contribution in [0.15, 0.2) is 48.5 Å². The lowest BCUT2D eigenvalue weighted by Gasteiger charge is -2.16. The minimum absolute atomic E-state index is 0.163. The molecule has 0 bridgehead atoms. The number of carbonyl (C=O) groups is 1. The fourth-order valence-electron chi connectivity index (χ4n) is 2.03. The Balaban J connectivity index is 1.93. The van der Waals surface area contributed by atoms with Crippen LogP contribution in [0.4, 0.5) is 0 Å². The van der Waals surface area contributed by atoms with Gasteiger partial charge in [-0.1, -0.05) is 42.0 Å². The molecule has 104 valence electrons. The van der Waals surface area contributed by atoms with Crippen LogP contribution in [0.5, 0.6) is 0 Å². The molecule has 0 spiro atoms.